The lowest BCUT2D eigenvalue weighted by Gasteiger charge is -2.19. The van der Waals surface area contributed by atoms with Crippen molar-refractivity contribution >= 4 is 0 Å². The van der Waals surface area contributed by atoms with Crippen LogP contribution < -0.4 is 5.73 Å². The molecule has 0 aliphatic heterocycles. The zero-order valence-corrected chi connectivity index (χ0v) is 9.24. The van der Waals surface area contributed by atoms with Crippen molar-refractivity contribution in [3.8, 4) is 0 Å². The van der Waals surface area contributed by atoms with Gasteiger partial charge in [-0.05, 0) is 13.3 Å². The summed E-state index contributed by atoms with van der Waals surface area (Å²) >= 11 is 0. The van der Waals surface area contributed by atoms with Crippen LogP contribution in [-0.2, 0) is 10.3 Å². The van der Waals surface area contributed by atoms with Crippen LogP contribution in [0.5, 0.6) is 0 Å². The Bertz CT molecular complexity index is 328. The smallest absolute Gasteiger partial charge is 0.315 e. The quantitative estimate of drug-likeness (QED) is 0.758. The van der Waals surface area contributed by atoms with E-state index in [0.717, 1.165) is 6.42 Å². The number of hydrogen-bond donors (Lipinski definition) is 1. The minimum atomic E-state index is -2.78. The first-order chi connectivity index (χ1) is 7.47. The van der Waals surface area contributed by atoms with Gasteiger partial charge in [0.2, 0.25) is 0 Å². The Morgan fingerprint density at radius 2 is 2.25 bits per heavy atom. The molecule has 92 valence electrons. The third kappa shape index (κ3) is 3.21. The van der Waals surface area contributed by atoms with Gasteiger partial charge in [-0.15, -0.1) is 0 Å². The van der Waals surface area contributed by atoms with Crippen molar-refractivity contribution in [1.82, 2.24) is 10.1 Å². The van der Waals surface area contributed by atoms with Crippen LogP contribution in [0.1, 0.15) is 38.4 Å². The minimum Gasteiger partial charge on any atom is -0.379 e. The molecule has 0 fully saturated rings. The number of hydrogen-bond acceptors (Lipinski definition) is 5. The molecule has 16 heavy (non-hydrogen) atoms. The molecule has 1 unspecified atom stereocenters. The fourth-order valence-electron chi connectivity index (χ4n) is 1.05. The standard InChI is InChI=1S/C9H15F2N3O2/c1-3-4-15-5-9(2,12)8-13-7(6(10)11)16-14-8/h6H,3-5,12H2,1-2H3. The second kappa shape index (κ2) is 5.31. The maximum absolute atomic E-state index is 12.2. The van der Waals surface area contributed by atoms with Crippen LogP contribution in [0.2, 0.25) is 0 Å². The van der Waals surface area contributed by atoms with Crippen LogP contribution in [0.4, 0.5) is 8.78 Å². The van der Waals surface area contributed by atoms with Crippen molar-refractivity contribution in [3.63, 3.8) is 0 Å². The van der Waals surface area contributed by atoms with Gasteiger partial charge in [-0.2, -0.15) is 13.8 Å². The van der Waals surface area contributed by atoms with Crippen molar-refractivity contribution in [1.29, 1.82) is 0 Å². The Balaban J connectivity index is 2.65. The summed E-state index contributed by atoms with van der Waals surface area (Å²) in [7, 11) is 0. The van der Waals surface area contributed by atoms with E-state index in [1.54, 1.807) is 6.92 Å². The molecule has 2 N–H and O–H groups in total. The van der Waals surface area contributed by atoms with Crippen LogP contribution in [-0.4, -0.2) is 23.4 Å². The Hall–Kier alpha value is -1.08. The molecular formula is C9H15F2N3O2. The third-order valence-corrected chi connectivity index (χ3v) is 1.89. The van der Waals surface area contributed by atoms with Crippen molar-refractivity contribution in [2.45, 2.75) is 32.2 Å². The van der Waals surface area contributed by atoms with Gasteiger partial charge in [0.25, 0.3) is 5.89 Å². The molecular weight excluding hydrogens is 220 g/mol. The molecule has 0 aliphatic rings. The lowest BCUT2D eigenvalue weighted by atomic mass is 10.1. The van der Waals surface area contributed by atoms with Gasteiger partial charge in [0.1, 0.15) is 5.54 Å². The van der Waals surface area contributed by atoms with Crippen molar-refractivity contribution in [2.24, 2.45) is 5.73 Å². The highest BCUT2D eigenvalue weighted by atomic mass is 19.3. The van der Waals surface area contributed by atoms with E-state index < -0.39 is 17.9 Å². The van der Waals surface area contributed by atoms with E-state index in [-0.39, 0.29) is 12.4 Å². The maximum atomic E-state index is 12.2. The van der Waals surface area contributed by atoms with Crippen LogP contribution in [0.3, 0.4) is 0 Å². The summed E-state index contributed by atoms with van der Waals surface area (Å²) in [6, 6.07) is 0. The highest BCUT2D eigenvalue weighted by molar-refractivity contribution is 5.02. The van der Waals surface area contributed by atoms with E-state index >= 15 is 0 Å². The lowest BCUT2D eigenvalue weighted by Crippen LogP contribution is -2.39. The molecule has 7 heteroatoms. The minimum absolute atomic E-state index is 0.0268. The summed E-state index contributed by atoms with van der Waals surface area (Å²) in [5.41, 5.74) is 4.82. The molecule has 0 aromatic carbocycles. The first-order valence-electron chi connectivity index (χ1n) is 4.96. The molecule has 0 saturated carbocycles. The first-order valence-corrected chi connectivity index (χ1v) is 4.96. The zero-order valence-electron chi connectivity index (χ0n) is 9.24. The second-order valence-electron chi connectivity index (χ2n) is 3.73. The fraction of sp³-hybridized carbons (Fsp3) is 0.778. The summed E-state index contributed by atoms with van der Waals surface area (Å²) < 4.78 is 34.0. The molecule has 0 aliphatic carbocycles. The summed E-state index contributed by atoms with van der Waals surface area (Å²) in [6.45, 7) is 4.26. The molecule has 1 aromatic rings. The molecule has 0 radical (unpaired) electrons. The SMILES string of the molecule is CCCOCC(C)(N)c1noc(C(F)F)n1. The number of alkyl halides is 2. The predicted molar refractivity (Wildman–Crippen MR) is 51.9 cm³/mol. The van der Waals surface area contributed by atoms with E-state index in [0.29, 0.717) is 6.61 Å². The second-order valence-corrected chi connectivity index (χ2v) is 3.73. The number of rotatable bonds is 6. The predicted octanol–water partition coefficient (Wildman–Crippen LogP) is 1.61. The van der Waals surface area contributed by atoms with Gasteiger partial charge < -0.3 is 15.0 Å². The molecule has 0 spiro atoms. The molecule has 0 amide bonds. The Labute approximate surface area is 92.0 Å². The van der Waals surface area contributed by atoms with Crippen molar-refractivity contribution < 1.29 is 18.0 Å². The van der Waals surface area contributed by atoms with E-state index in [1.165, 1.54) is 0 Å². The van der Waals surface area contributed by atoms with Gasteiger partial charge in [0.05, 0.1) is 6.61 Å². The van der Waals surface area contributed by atoms with Gasteiger partial charge in [-0.25, -0.2) is 0 Å². The zero-order chi connectivity index (χ0) is 12.2. The van der Waals surface area contributed by atoms with Gasteiger partial charge in [0, 0.05) is 6.61 Å². The topological polar surface area (TPSA) is 74.2 Å². The van der Waals surface area contributed by atoms with Crippen LogP contribution in [0.25, 0.3) is 0 Å². The normalized spacial score (nSPS) is 15.4. The summed E-state index contributed by atoms with van der Waals surface area (Å²) in [5.74, 6) is -0.693. The van der Waals surface area contributed by atoms with Crippen LogP contribution in [0.15, 0.2) is 4.52 Å². The maximum Gasteiger partial charge on any atom is 0.315 e. The number of ether oxygens (including phenoxy) is 1. The van der Waals surface area contributed by atoms with Crippen molar-refractivity contribution in [3.05, 3.63) is 11.7 Å². The summed E-state index contributed by atoms with van der Waals surface area (Å²) in [5, 5.41) is 3.42. The Morgan fingerprint density at radius 1 is 1.56 bits per heavy atom. The van der Waals surface area contributed by atoms with Gasteiger partial charge in [0.15, 0.2) is 5.82 Å². The van der Waals surface area contributed by atoms with Crippen LogP contribution >= 0.6 is 0 Å². The first kappa shape index (κ1) is 13.0. The Morgan fingerprint density at radius 3 is 2.75 bits per heavy atom. The van der Waals surface area contributed by atoms with E-state index in [2.05, 4.69) is 14.7 Å². The highest BCUT2D eigenvalue weighted by Gasteiger charge is 2.29. The molecule has 1 heterocycles. The molecule has 1 atom stereocenters. The highest BCUT2D eigenvalue weighted by Crippen LogP contribution is 2.20. The van der Waals surface area contributed by atoms with E-state index in [1.807, 2.05) is 6.92 Å². The number of nitrogens with zero attached hydrogens (tertiary/aromatic N) is 2. The molecule has 0 bridgehead atoms. The number of halogens is 2. The Kier molecular flexibility index (Phi) is 4.31. The third-order valence-electron chi connectivity index (χ3n) is 1.89. The average Bonchev–Trinajstić information content (AvgIpc) is 2.67. The molecule has 1 rings (SSSR count). The van der Waals surface area contributed by atoms with Gasteiger partial charge in [-0.3, -0.25) is 0 Å². The van der Waals surface area contributed by atoms with Crippen LogP contribution in [0, 0.1) is 0 Å². The van der Waals surface area contributed by atoms with Gasteiger partial charge in [-0.1, -0.05) is 12.1 Å². The largest absolute Gasteiger partial charge is 0.379 e. The summed E-state index contributed by atoms with van der Waals surface area (Å²) in [4.78, 5) is 3.53. The molecule has 5 nitrogen and oxygen atoms in total. The van der Waals surface area contributed by atoms with E-state index in [9.17, 15) is 8.78 Å². The summed E-state index contributed by atoms with van der Waals surface area (Å²) in [6.07, 6.45) is -1.93. The van der Waals surface area contributed by atoms with Gasteiger partial charge >= 0.3 is 6.43 Å². The number of aromatic nitrogens is 2. The average molecular weight is 235 g/mol. The van der Waals surface area contributed by atoms with E-state index in [4.69, 9.17) is 10.5 Å². The fourth-order valence-corrected chi connectivity index (χ4v) is 1.05. The lowest BCUT2D eigenvalue weighted by molar-refractivity contribution is 0.0866. The molecule has 1 aromatic heterocycles. The number of nitrogens with two attached hydrogens (primary N) is 1. The monoisotopic (exact) mass is 235 g/mol. The molecule has 0 saturated heterocycles. The van der Waals surface area contributed by atoms with Crippen molar-refractivity contribution in [2.75, 3.05) is 13.2 Å².